The number of rotatable bonds is 5. The minimum atomic E-state index is -0.700. The molecule has 0 bridgehead atoms. The molecule has 17 heavy (non-hydrogen) atoms. The van der Waals surface area contributed by atoms with Gasteiger partial charge in [-0.2, -0.15) is 0 Å². The smallest absolute Gasteiger partial charge is 0.0942 e. The van der Waals surface area contributed by atoms with Crippen molar-refractivity contribution in [3.63, 3.8) is 0 Å². The van der Waals surface area contributed by atoms with Crippen LogP contribution in [0.15, 0.2) is 24.3 Å². The highest BCUT2D eigenvalue weighted by atomic mass is 32.2. The molecule has 3 N–H and O–H groups in total. The van der Waals surface area contributed by atoms with Crippen LogP contribution >= 0.6 is 23.5 Å². The van der Waals surface area contributed by atoms with E-state index in [9.17, 15) is 5.11 Å². The minimum absolute atomic E-state index is 0.207. The maximum Gasteiger partial charge on any atom is 0.0942 e. The summed E-state index contributed by atoms with van der Waals surface area (Å²) < 4.78 is 0.541. The van der Waals surface area contributed by atoms with Crippen LogP contribution in [0, 0.1) is 0 Å². The predicted octanol–water partition coefficient (Wildman–Crippen LogP) is 1.93. The second-order valence-electron chi connectivity index (χ2n) is 3.92. The molecule has 0 saturated carbocycles. The summed E-state index contributed by atoms with van der Waals surface area (Å²) in [7, 11) is 0. The van der Waals surface area contributed by atoms with Crippen LogP contribution in [0.4, 0.5) is 5.69 Å². The molecule has 3 nitrogen and oxygen atoms in total. The van der Waals surface area contributed by atoms with Gasteiger partial charge in [0.2, 0.25) is 0 Å². The lowest BCUT2D eigenvalue weighted by Crippen LogP contribution is -2.22. The van der Waals surface area contributed by atoms with Crippen LogP contribution in [0.3, 0.4) is 0 Å². The highest BCUT2D eigenvalue weighted by molar-refractivity contribution is 8.19. The van der Waals surface area contributed by atoms with E-state index in [-0.39, 0.29) is 6.61 Å². The maximum absolute atomic E-state index is 9.28. The Balaban J connectivity index is 1.96. The van der Waals surface area contributed by atoms with Crippen molar-refractivity contribution in [3.05, 3.63) is 29.8 Å². The van der Waals surface area contributed by atoms with E-state index in [2.05, 4.69) is 17.4 Å². The van der Waals surface area contributed by atoms with Crippen LogP contribution < -0.4 is 5.32 Å². The van der Waals surface area contributed by atoms with Gasteiger partial charge in [-0.05, 0) is 17.7 Å². The van der Waals surface area contributed by atoms with E-state index in [1.54, 1.807) is 0 Å². The Morgan fingerprint density at radius 1 is 1.35 bits per heavy atom. The number of anilines is 1. The molecule has 2 rings (SSSR count). The van der Waals surface area contributed by atoms with Crippen LogP contribution in [0.2, 0.25) is 0 Å². The Labute approximate surface area is 110 Å². The Morgan fingerprint density at radius 2 is 2.12 bits per heavy atom. The van der Waals surface area contributed by atoms with Crippen LogP contribution in [0.1, 0.15) is 10.1 Å². The van der Waals surface area contributed by atoms with Gasteiger partial charge in [0.05, 0.1) is 17.3 Å². The SMILES string of the molecule is OCC(O)CNc1cccc(C2SCCS2)c1. The number of aliphatic hydroxyl groups is 2. The van der Waals surface area contributed by atoms with Gasteiger partial charge in [-0.25, -0.2) is 0 Å². The molecule has 1 atom stereocenters. The molecule has 1 heterocycles. The molecule has 94 valence electrons. The molecular weight excluding hydrogens is 254 g/mol. The lowest BCUT2D eigenvalue weighted by atomic mass is 10.2. The van der Waals surface area contributed by atoms with E-state index in [1.807, 2.05) is 35.7 Å². The quantitative estimate of drug-likeness (QED) is 0.764. The predicted molar refractivity (Wildman–Crippen MR) is 75.7 cm³/mol. The summed E-state index contributed by atoms with van der Waals surface area (Å²) in [4.78, 5) is 0. The highest BCUT2D eigenvalue weighted by Crippen LogP contribution is 2.45. The van der Waals surface area contributed by atoms with Gasteiger partial charge in [0.25, 0.3) is 0 Å². The van der Waals surface area contributed by atoms with Gasteiger partial charge in [0.1, 0.15) is 0 Å². The zero-order valence-electron chi connectivity index (χ0n) is 9.50. The molecule has 1 fully saturated rings. The third kappa shape index (κ3) is 3.81. The molecule has 0 spiro atoms. The first-order chi connectivity index (χ1) is 8.29. The van der Waals surface area contributed by atoms with Gasteiger partial charge in [-0.1, -0.05) is 12.1 Å². The van der Waals surface area contributed by atoms with Crippen molar-refractivity contribution in [1.29, 1.82) is 0 Å². The zero-order chi connectivity index (χ0) is 12.1. The topological polar surface area (TPSA) is 52.5 Å². The number of thioether (sulfide) groups is 2. The largest absolute Gasteiger partial charge is 0.394 e. The van der Waals surface area contributed by atoms with Gasteiger partial charge in [-0.15, -0.1) is 23.5 Å². The lowest BCUT2D eigenvalue weighted by Gasteiger charge is -2.13. The standard InChI is InChI=1S/C12H17NO2S2/c14-8-11(15)7-13-10-3-1-2-9(6-10)12-16-4-5-17-12/h1-3,6,11-15H,4-5,7-8H2. The van der Waals surface area contributed by atoms with E-state index in [4.69, 9.17) is 5.11 Å². The zero-order valence-corrected chi connectivity index (χ0v) is 11.1. The van der Waals surface area contributed by atoms with Crippen molar-refractivity contribution >= 4 is 29.2 Å². The molecule has 0 aliphatic carbocycles. The molecule has 0 aromatic heterocycles. The monoisotopic (exact) mass is 271 g/mol. The van der Waals surface area contributed by atoms with Crippen LogP contribution in [-0.2, 0) is 0 Å². The summed E-state index contributed by atoms with van der Waals surface area (Å²) in [6.07, 6.45) is -0.700. The molecule has 0 amide bonds. The molecule has 1 aromatic rings. The van der Waals surface area contributed by atoms with Crippen molar-refractivity contribution in [2.24, 2.45) is 0 Å². The van der Waals surface area contributed by atoms with E-state index in [0.717, 1.165) is 5.69 Å². The van der Waals surface area contributed by atoms with Gasteiger partial charge in [0, 0.05) is 23.7 Å². The molecule has 1 aliphatic rings. The third-order valence-electron chi connectivity index (χ3n) is 2.53. The summed E-state index contributed by atoms with van der Waals surface area (Å²) in [5.74, 6) is 2.44. The van der Waals surface area contributed by atoms with Crippen molar-refractivity contribution in [3.8, 4) is 0 Å². The molecular formula is C12H17NO2S2. The Bertz CT molecular complexity index is 356. The molecule has 1 aliphatic heterocycles. The number of hydrogen-bond acceptors (Lipinski definition) is 5. The van der Waals surface area contributed by atoms with Crippen molar-refractivity contribution < 1.29 is 10.2 Å². The number of nitrogens with one attached hydrogen (secondary N) is 1. The van der Waals surface area contributed by atoms with Crippen LogP contribution in [0.5, 0.6) is 0 Å². The summed E-state index contributed by atoms with van der Waals surface area (Å²) in [5.41, 5.74) is 2.32. The van der Waals surface area contributed by atoms with Crippen molar-refractivity contribution in [2.75, 3.05) is 30.0 Å². The van der Waals surface area contributed by atoms with E-state index in [1.165, 1.54) is 17.1 Å². The second kappa shape index (κ2) is 6.54. The number of benzene rings is 1. The fourth-order valence-corrected chi connectivity index (χ4v) is 4.48. The van der Waals surface area contributed by atoms with Gasteiger partial charge < -0.3 is 15.5 Å². The number of hydrogen-bond donors (Lipinski definition) is 3. The average molecular weight is 271 g/mol. The molecule has 1 aromatic carbocycles. The van der Waals surface area contributed by atoms with Gasteiger partial charge in [0.15, 0.2) is 0 Å². The fourth-order valence-electron chi connectivity index (χ4n) is 1.65. The first kappa shape index (κ1) is 13.1. The summed E-state index contributed by atoms with van der Waals surface area (Å²) >= 11 is 3.96. The molecule has 0 radical (unpaired) electrons. The summed E-state index contributed by atoms with van der Waals surface area (Å²) in [6.45, 7) is 0.173. The lowest BCUT2D eigenvalue weighted by molar-refractivity contribution is 0.105. The van der Waals surface area contributed by atoms with Crippen LogP contribution in [0.25, 0.3) is 0 Å². The van der Waals surface area contributed by atoms with E-state index >= 15 is 0 Å². The first-order valence-corrected chi connectivity index (χ1v) is 7.75. The summed E-state index contributed by atoms with van der Waals surface area (Å²) in [6, 6.07) is 8.28. The highest BCUT2D eigenvalue weighted by Gasteiger charge is 2.18. The third-order valence-corrected chi connectivity index (χ3v) is 5.64. The Hall–Kier alpha value is -0.360. The van der Waals surface area contributed by atoms with Crippen molar-refractivity contribution in [1.82, 2.24) is 0 Å². The minimum Gasteiger partial charge on any atom is -0.394 e. The average Bonchev–Trinajstić information content (AvgIpc) is 2.90. The fraction of sp³-hybridized carbons (Fsp3) is 0.500. The van der Waals surface area contributed by atoms with Crippen LogP contribution in [-0.4, -0.2) is 41.0 Å². The number of aliphatic hydroxyl groups excluding tert-OH is 2. The van der Waals surface area contributed by atoms with Gasteiger partial charge >= 0.3 is 0 Å². The first-order valence-electron chi connectivity index (χ1n) is 5.65. The Morgan fingerprint density at radius 3 is 2.82 bits per heavy atom. The van der Waals surface area contributed by atoms with E-state index < -0.39 is 6.10 Å². The van der Waals surface area contributed by atoms with Gasteiger partial charge in [-0.3, -0.25) is 0 Å². The second-order valence-corrected chi connectivity index (χ2v) is 6.64. The summed E-state index contributed by atoms with van der Waals surface area (Å²) in [5, 5.41) is 21.2. The van der Waals surface area contributed by atoms with E-state index in [0.29, 0.717) is 11.1 Å². The molecule has 1 unspecified atom stereocenters. The Kier molecular flexibility index (Phi) is 5.03. The normalized spacial score (nSPS) is 18.2. The maximum atomic E-state index is 9.28. The van der Waals surface area contributed by atoms with Crippen molar-refractivity contribution in [2.45, 2.75) is 10.7 Å². The molecule has 5 heteroatoms. The molecule has 1 saturated heterocycles.